The topological polar surface area (TPSA) is 133 Å². The number of aromatic nitrogens is 1. The molecule has 3 amide bonds. The summed E-state index contributed by atoms with van der Waals surface area (Å²) in [5, 5.41) is 8.70. The van der Waals surface area contributed by atoms with Gasteiger partial charge in [0.1, 0.15) is 18.0 Å². The lowest BCUT2D eigenvalue weighted by molar-refractivity contribution is -0.133. The first-order valence-corrected chi connectivity index (χ1v) is 9.79. The molecule has 3 fully saturated rings. The molecule has 1 spiro atoms. The van der Waals surface area contributed by atoms with Crippen molar-refractivity contribution in [2.45, 2.75) is 43.8 Å². The van der Waals surface area contributed by atoms with E-state index in [2.05, 4.69) is 25.4 Å². The van der Waals surface area contributed by atoms with Gasteiger partial charge in [-0.25, -0.2) is 4.79 Å². The molecule has 1 aliphatic heterocycles. The number of aromatic amines is 1. The van der Waals surface area contributed by atoms with Crippen LogP contribution >= 0.6 is 11.8 Å². The van der Waals surface area contributed by atoms with Crippen LogP contribution in [0.1, 0.15) is 36.2 Å². The summed E-state index contributed by atoms with van der Waals surface area (Å²) in [5.74, 6) is -0.363. The van der Waals surface area contributed by atoms with Gasteiger partial charge >= 0.3 is 5.76 Å². The summed E-state index contributed by atoms with van der Waals surface area (Å²) in [6.07, 6.45) is 4.64. The SMILES string of the molecule is O=C1CSC[C@@H](C(=O)NC2CC(NC(=O)c3coc(=O)[nH]3)C23CCC3)N1. The van der Waals surface area contributed by atoms with Crippen LogP contribution in [-0.4, -0.2) is 52.3 Å². The second-order valence-electron chi connectivity index (χ2n) is 7.11. The third kappa shape index (κ3) is 2.91. The molecule has 0 aromatic carbocycles. The molecule has 140 valence electrons. The monoisotopic (exact) mass is 380 g/mol. The van der Waals surface area contributed by atoms with Crippen LogP contribution in [0.4, 0.5) is 0 Å². The lowest BCUT2D eigenvalue weighted by Crippen LogP contribution is -2.72. The summed E-state index contributed by atoms with van der Waals surface area (Å²) in [6, 6.07) is -0.563. The second-order valence-corrected chi connectivity index (χ2v) is 8.14. The van der Waals surface area contributed by atoms with Crippen molar-refractivity contribution in [2.24, 2.45) is 5.41 Å². The number of oxazole rings is 1. The third-order valence-corrected chi connectivity index (χ3v) is 6.74. The predicted octanol–water partition coefficient (Wildman–Crippen LogP) is -0.643. The van der Waals surface area contributed by atoms with Crippen LogP contribution < -0.4 is 21.7 Å². The molecule has 3 aliphatic rings. The summed E-state index contributed by atoms with van der Waals surface area (Å²) in [7, 11) is 0. The van der Waals surface area contributed by atoms with Crippen molar-refractivity contribution in [2.75, 3.05) is 11.5 Å². The molecule has 2 unspecified atom stereocenters. The number of hydrogen-bond donors (Lipinski definition) is 4. The fourth-order valence-corrected chi connectivity index (χ4v) is 4.92. The van der Waals surface area contributed by atoms with E-state index < -0.39 is 11.8 Å². The molecule has 1 aromatic rings. The van der Waals surface area contributed by atoms with Gasteiger partial charge in [-0.1, -0.05) is 6.42 Å². The van der Waals surface area contributed by atoms with E-state index in [1.165, 1.54) is 11.8 Å². The lowest BCUT2D eigenvalue weighted by atomic mass is 9.49. The molecule has 2 aliphatic carbocycles. The number of carbonyl (C=O) groups excluding carboxylic acids is 3. The average molecular weight is 380 g/mol. The van der Waals surface area contributed by atoms with Crippen molar-refractivity contribution >= 4 is 29.5 Å². The summed E-state index contributed by atoms with van der Waals surface area (Å²) in [4.78, 5) is 49.5. The molecule has 0 bridgehead atoms. The van der Waals surface area contributed by atoms with Crippen molar-refractivity contribution in [3.8, 4) is 0 Å². The molecule has 1 aromatic heterocycles. The Kier molecular flexibility index (Phi) is 4.29. The van der Waals surface area contributed by atoms with Gasteiger partial charge in [0.15, 0.2) is 0 Å². The van der Waals surface area contributed by atoms with Gasteiger partial charge in [0.2, 0.25) is 11.8 Å². The standard InChI is InChI=1S/C16H20N4O5S/c21-12-7-26-6-9(17-12)14(23)20-11-4-10(16(11)2-1-3-16)19-13(22)8-5-25-15(24)18-8/h5,9-11H,1-4,6-7H2,(H,17,21)(H,18,24)(H,19,22)(H,20,23)/t9-,10?,11?/m0/s1. The van der Waals surface area contributed by atoms with Gasteiger partial charge in [-0.3, -0.25) is 19.4 Å². The predicted molar refractivity (Wildman–Crippen MR) is 92.7 cm³/mol. The van der Waals surface area contributed by atoms with E-state index in [-0.39, 0.29) is 40.9 Å². The summed E-state index contributed by atoms with van der Waals surface area (Å²) >= 11 is 1.45. The maximum Gasteiger partial charge on any atom is 0.416 e. The Morgan fingerprint density at radius 3 is 2.62 bits per heavy atom. The molecule has 4 N–H and O–H groups in total. The third-order valence-electron chi connectivity index (χ3n) is 5.70. The van der Waals surface area contributed by atoms with Crippen molar-refractivity contribution in [3.05, 3.63) is 22.5 Å². The minimum absolute atomic E-state index is 0.0127. The Morgan fingerprint density at radius 1 is 1.23 bits per heavy atom. The Balaban J connectivity index is 1.36. The van der Waals surface area contributed by atoms with Gasteiger partial charge in [-0.15, -0.1) is 11.8 Å². The molecule has 2 saturated carbocycles. The minimum Gasteiger partial charge on any atom is -0.416 e. The van der Waals surface area contributed by atoms with E-state index in [0.717, 1.165) is 25.5 Å². The maximum atomic E-state index is 12.4. The number of H-pyrrole nitrogens is 1. The van der Waals surface area contributed by atoms with Crippen molar-refractivity contribution in [1.82, 2.24) is 20.9 Å². The van der Waals surface area contributed by atoms with Crippen LogP contribution in [0.3, 0.4) is 0 Å². The van der Waals surface area contributed by atoms with Crippen LogP contribution in [0, 0.1) is 5.41 Å². The fourth-order valence-electron chi connectivity index (χ4n) is 4.06. The molecular formula is C16H20N4O5S. The highest BCUT2D eigenvalue weighted by Gasteiger charge is 2.59. The van der Waals surface area contributed by atoms with Crippen molar-refractivity contribution < 1.29 is 18.8 Å². The lowest BCUT2D eigenvalue weighted by Gasteiger charge is -2.61. The Bertz CT molecular complexity index is 799. The van der Waals surface area contributed by atoms with Gasteiger partial charge in [-0.05, 0) is 19.3 Å². The first-order valence-electron chi connectivity index (χ1n) is 8.64. The number of nitrogens with one attached hydrogen (secondary N) is 4. The number of hydrogen-bond acceptors (Lipinski definition) is 6. The van der Waals surface area contributed by atoms with Crippen LogP contribution in [-0.2, 0) is 9.59 Å². The smallest absolute Gasteiger partial charge is 0.416 e. The Hall–Kier alpha value is -2.23. The van der Waals surface area contributed by atoms with Crippen LogP contribution in [0.25, 0.3) is 0 Å². The quantitative estimate of drug-likeness (QED) is 0.549. The molecule has 1 saturated heterocycles. The fraction of sp³-hybridized carbons (Fsp3) is 0.625. The normalized spacial score (nSPS) is 29.2. The summed E-state index contributed by atoms with van der Waals surface area (Å²) < 4.78 is 4.60. The Morgan fingerprint density at radius 2 is 2.00 bits per heavy atom. The summed E-state index contributed by atoms with van der Waals surface area (Å²) in [5.41, 5.74) is -0.0415. The van der Waals surface area contributed by atoms with Crippen molar-refractivity contribution in [1.29, 1.82) is 0 Å². The molecular weight excluding hydrogens is 360 g/mol. The molecule has 4 rings (SSSR count). The molecule has 9 nitrogen and oxygen atoms in total. The maximum absolute atomic E-state index is 12.4. The molecule has 2 heterocycles. The van der Waals surface area contributed by atoms with E-state index in [9.17, 15) is 19.2 Å². The average Bonchev–Trinajstić information content (AvgIpc) is 2.98. The van der Waals surface area contributed by atoms with Crippen molar-refractivity contribution in [3.63, 3.8) is 0 Å². The highest BCUT2D eigenvalue weighted by Crippen LogP contribution is 2.56. The zero-order chi connectivity index (χ0) is 18.3. The molecule has 26 heavy (non-hydrogen) atoms. The van der Waals surface area contributed by atoms with E-state index in [1.807, 2.05) is 0 Å². The molecule has 3 atom stereocenters. The number of carbonyl (C=O) groups is 3. The van der Waals surface area contributed by atoms with Gasteiger partial charge < -0.3 is 20.4 Å². The zero-order valence-electron chi connectivity index (χ0n) is 14.0. The second kappa shape index (κ2) is 6.49. The number of amides is 3. The van der Waals surface area contributed by atoms with E-state index >= 15 is 0 Å². The highest BCUT2D eigenvalue weighted by atomic mass is 32.2. The highest BCUT2D eigenvalue weighted by molar-refractivity contribution is 8.00. The van der Waals surface area contributed by atoms with Gasteiger partial charge in [0, 0.05) is 23.3 Å². The molecule has 0 radical (unpaired) electrons. The summed E-state index contributed by atoms with van der Waals surface area (Å²) in [6.45, 7) is 0. The van der Waals surface area contributed by atoms with Crippen LogP contribution in [0.2, 0.25) is 0 Å². The number of rotatable bonds is 4. The van der Waals surface area contributed by atoms with E-state index in [1.54, 1.807) is 0 Å². The Labute approximate surface area is 153 Å². The van der Waals surface area contributed by atoms with Gasteiger partial charge in [0.25, 0.3) is 5.91 Å². The first kappa shape index (κ1) is 17.2. The first-order chi connectivity index (χ1) is 12.5. The largest absolute Gasteiger partial charge is 0.416 e. The van der Waals surface area contributed by atoms with Gasteiger partial charge in [0.05, 0.1) is 5.75 Å². The van der Waals surface area contributed by atoms with E-state index in [4.69, 9.17) is 0 Å². The zero-order valence-corrected chi connectivity index (χ0v) is 14.8. The van der Waals surface area contributed by atoms with E-state index in [0.29, 0.717) is 17.9 Å². The minimum atomic E-state index is -0.667. The van der Waals surface area contributed by atoms with Crippen LogP contribution in [0.15, 0.2) is 15.5 Å². The number of thioether (sulfide) groups is 1. The van der Waals surface area contributed by atoms with Gasteiger partial charge in [-0.2, -0.15) is 0 Å². The molecule has 10 heteroatoms. The van der Waals surface area contributed by atoms with Crippen LogP contribution in [0.5, 0.6) is 0 Å².